The van der Waals surface area contributed by atoms with E-state index in [4.69, 9.17) is 27.1 Å². The van der Waals surface area contributed by atoms with Crippen molar-refractivity contribution in [3.8, 4) is 11.9 Å². The van der Waals surface area contributed by atoms with Crippen molar-refractivity contribution in [1.29, 1.82) is 5.26 Å². The van der Waals surface area contributed by atoms with Gasteiger partial charge >= 0.3 is 0 Å². The molecule has 1 heterocycles. The summed E-state index contributed by atoms with van der Waals surface area (Å²) in [7, 11) is 0. The number of nitrogens with one attached hydrogen (secondary N) is 2. The molecular formula is C23H28ClN7O. The van der Waals surface area contributed by atoms with E-state index >= 15 is 0 Å². The van der Waals surface area contributed by atoms with Crippen molar-refractivity contribution < 1.29 is 4.74 Å². The zero-order chi connectivity index (χ0) is 22.5. The van der Waals surface area contributed by atoms with Crippen molar-refractivity contribution in [1.82, 2.24) is 20.5 Å². The maximum atomic E-state index is 9.43. The highest BCUT2D eigenvalue weighted by molar-refractivity contribution is 6.30. The number of aliphatic imine (C=N–C) groups is 1. The van der Waals surface area contributed by atoms with Crippen molar-refractivity contribution in [3.05, 3.63) is 35.1 Å². The maximum Gasteiger partial charge on any atom is 0.239 e. The van der Waals surface area contributed by atoms with Crippen LogP contribution in [0.25, 0.3) is 0 Å². The highest BCUT2D eigenvalue weighted by Gasteiger charge is 2.57. The summed E-state index contributed by atoms with van der Waals surface area (Å²) in [6.45, 7) is 3.86. The number of nitriles is 1. The highest BCUT2D eigenvalue weighted by atomic mass is 35.5. The number of H-pyrrole nitrogens is 1. The number of nitrogens with zero attached hydrogens (tertiary/aromatic N) is 4. The first-order valence-electron chi connectivity index (χ1n) is 11.1. The van der Waals surface area contributed by atoms with Gasteiger partial charge in [-0.05, 0) is 88.0 Å². The molecule has 8 nitrogen and oxygen atoms in total. The van der Waals surface area contributed by atoms with Gasteiger partial charge in [-0.15, -0.1) is 5.10 Å². The maximum absolute atomic E-state index is 9.43. The quantitative estimate of drug-likeness (QED) is 0.273. The molecule has 4 bridgehead atoms. The molecule has 4 fully saturated rings. The van der Waals surface area contributed by atoms with Crippen LogP contribution >= 0.6 is 11.6 Å². The van der Waals surface area contributed by atoms with Crippen LogP contribution in [0.2, 0.25) is 5.02 Å². The van der Waals surface area contributed by atoms with Crippen molar-refractivity contribution in [3.63, 3.8) is 0 Å². The number of ether oxygens (including phenoxy) is 1. The lowest BCUT2D eigenvalue weighted by Gasteiger charge is -2.58. The standard InChI is InChI=1S/C23H28ClN7O/c1-22(2,32-17-5-3-16(24)4-6-17)19(27-12-25)28-18-14-7-13-8-15(18)11-23(9-13,10-14)20-29-21(26)31-30-20/h3-6,13-15,18H,7-11H2,1-2H3,(H,27,28)(H3,26,29,30,31). The number of amidine groups is 1. The SMILES string of the molecule is CC(C)(Oc1ccc(Cl)cc1)C(=NC1C2CC3CC1CC(c1nc(N)n[nH]1)(C3)C2)NC#N. The molecule has 0 spiro atoms. The van der Waals surface area contributed by atoms with Crippen LogP contribution in [0.3, 0.4) is 0 Å². The van der Waals surface area contributed by atoms with Crippen LogP contribution in [0.4, 0.5) is 5.95 Å². The second-order valence-electron chi connectivity index (χ2n) is 10.1. The molecule has 4 N–H and O–H groups in total. The summed E-state index contributed by atoms with van der Waals surface area (Å²) in [4.78, 5) is 9.64. The molecule has 1 aromatic carbocycles. The van der Waals surface area contributed by atoms with E-state index in [2.05, 4.69) is 26.7 Å². The number of halogens is 1. The lowest BCUT2D eigenvalue weighted by molar-refractivity contribution is -0.0259. The first-order chi connectivity index (χ1) is 15.3. The normalized spacial score (nSPS) is 31.4. The molecule has 2 unspecified atom stereocenters. The molecule has 9 heteroatoms. The zero-order valence-corrected chi connectivity index (χ0v) is 19.1. The fourth-order valence-corrected chi connectivity index (χ4v) is 6.52. The number of benzene rings is 1. The predicted molar refractivity (Wildman–Crippen MR) is 122 cm³/mol. The molecule has 4 aliphatic carbocycles. The Kier molecular flexibility index (Phi) is 5.05. The number of aromatic amines is 1. The summed E-state index contributed by atoms with van der Waals surface area (Å²) in [5.74, 6) is 4.04. The molecule has 4 saturated carbocycles. The van der Waals surface area contributed by atoms with Crippen LogP contribution in [-0.4, -0.2) is 32.7 Å². The summed E-state index contributed by atoms with van der Waals surface area (Å²) in [6, 6.07) is 7.38. The topological polar surface area (TPSA) is 125 Å². The molecule has 1 aromatic heterocycles. The average Bonchev–Trinajstić information content (AvgIpc) is 3.18. The molecule has 2 aromatic rings. The van der Waals surface area contributed by atoms with E-state index < -0.39 is 5.60 Å². The van der Waals surface area contributed by atoms with Gasteiger partial charge in [0.05, 0.1) is 6.04 Å². The van der Waals surface area contributed by atoms with Crippen LogP contribution in [0.1, 0.15) is 51.8 Å². The molecule has 0 aliphatic heterocycles. The van der Waals surface area contributed by atoms with Gasteiger partial charge in [0.15, 0.2) is 17.6 Å². The summed E-state index contributed by atoms with van der Waals surface area (Å²) in [6.07, 6.45) is 7.55. The first-order valence-corrected chi connectivity index (χ1v) is 11.5. The van der Waals surface area contributed by atoms with Crippen molar-refractivity contribution in [2.75, 3.05) is 5.73 Å². The summed E-state index contributed by atoms with van der Waals surface area (Å²) < 4.78 is 6.22. The lowest BCUT2D eigenvalue weighted by Crippen LogP contribution is -2.56. The Morgan fingerprint density at radius 3 is 2.56 bits per heavy atom. The second kappa shape index (κ2) is 7.66. The smallest absolute Gasteiger partial charge is 0.239 e. The number of rotatable bonds is 5. The van der Waals surface area contributed by atoms with Crippen LogP contribution < -0.4 is 15.8 Å². The molecule has 6 rings (SSSR count). The van der Waals surface area contributed by atoms with Crippen molar-refractivity contribution in [2.24, 2.45) is 22.7 Å². The van der Waals surface area contributed by atoms with Crippen LogP contribution in [-0.2, 0) is 5.41 Å². The van der Waals surface area contributed by atoms with E-state index in [1.807, 2.05) is 26.0 Å². The number of nitrogen functional groups attached to an aromatic ring is 1. The van der Waals surface area contributed by atoms with Crippen LogP contribution in [0.5, 0.6) is 5.75 Å². The Morgan fingerprint density at radius 2 is 1.97 bits per heavy atom. The third-order valence-corrected chi connectivity index (χ3v) is 7.69. The highest BCUT2D eigenvalue weighted by Crippen LogP contribution is 2.61. The Balaban J connectivity index is 1.41. The largest absolute Gasteiger partial charge is 0.480 e. The Bertz CT molecular complexity index is 1050. The second-order valence-corrected chi connectivity index (χ2v) is 10.5. The van der Waals surface area contributed by atoms with Gasteiger partial charge in [0.2, 0.25) is 5.95 Å². The Labute approximate surface area is 192 Å². The number of hydrogen-bond donors (Lipinski definition) is 3. The van der Waals surface area contributed by atoms with Crippen molar-refractivity contribution >= 4 is 23.4 Å². The number of hydrogen-bond acceptors (Lipinski definition) is 6. The van der Waals surface area contributed by atoms with E-state index in [9.17, 15) is 5.26 Å². The van der Waals surface area contributed by atoms with Crippen LogP contribution in [0, 0.1) is 29.2 Å². The van der Waals surface area contributed by atoms with Gasteiger partial charge < -0.3 is 10.5 Å². The molecule has 2 atom stereocenters. The zero-order valence-electron chi connectivity index (χ0n) is 18.3. The van der Waals surface area contributed by atoms with E-state index in [1.54, 1.807) is 12.1 Å². The average molecular weight is 454 g/mol. The first kappa shape index (κ1) is 21.1. The summed E-state index contributed by atoms with van der Waals surface area (Å²) in [5, 5.41) is 20.1. The van der Waals surface area contributed by atoms with Gasteiger partial charge in [0, 0.05) is 10.4 Å². The third kappa shape index (κ3) is 3.69. The lowest BCUT2D eigenvalue weighted by atomic mass is 9.47. The molecule has 168 valence electrons. The van der Waals surface area contributed by atoms with Crippen molar-refractivity contribution in [2.45, 2.75) is 63.0 Å². The molecule has 0 amide bonds. The van der Waals surface area contributed by atoms with Crippen LogP contribution in [0.15, 0.2) is 29.3 Å². The van der Waals surface area contributed by atoms with Gasteiger partial charge in [0.25, 0.3) is 0 Å². The van der Waals surface area contributed by atoms with Gasteiger partial charge in [0.1, 0.15) is 11.6 Å². The van der Waals surface area contributed by atoms with Gasteiger partial charge in [-0.25, -0.2) is 0 Å². The Hall–Kier alpha value is -2.79. The minimum Gasteiger partial charge on any atom is -0.480 e. The van der Waals surface area contributed by atoms with E-state index in [0.717, 1.165) is 37.9 Å². The fourth-order valence-electron chi connectivity index (χ4n) is 6.40. The van der Waals surface area contributed by atoms with E-state index in [-0.39, 0.29) is 11.5 Å². The third-order valence-electron chi connectivity index (χ3n) is 7.44. The summed E-state index contributed by atoms with van der Waals surface area (Å²) in [5.41, 5.74) is 5.03. The fraction of sp³-hybridized carbons (Fsp3) is 0.565. The van der Waals surface area contributed by atoms with Gasteiger partial charge in [-0.2, -0.15) is 10.2 Å². The molecular weight excluding hydrogens is 426 g/mol. The van der Waals surface area contributed by atoms with E-state index in [0.29, 0.717) is 40.3 Å². The Morgan fingerprint density at radius 1 is 1.28 bits per heavy atom. The number of anilines is 1. The van der Waals surface area contributed by atoms with E-state index in [1.165, 1.54) is 0 Å². The predicted octanol–water partition coefficient (Wildman–Crippen LogP) is 3.81. The minimum absolute atomic E-state index is 0.0191. The number of aromatic nitrogens is 3. The molecule has 4 aliphatic rings. The molecule has 0 saturated heterocycles. The summed E-state index contributed by atoms with van der Waals surface area (Å²) >= 11 is 6.00. The van der Waals surface area contributed by atoms with Gasteiger partial charge in [-0.3, -0.25) is 15.4 Å². The monoisotopic (exact) mass is 453 g/mol. The number of nitrogens with two attached hydrogens (primary N) is 1. The van der Waals surface area contributed by atoms with Gasteiger partial charge in [-0.1, -0.05) is 11.6 Å². The molecule has 0 radical (unpaired) electrons. The molecule has 32 heavy (non-hydrogen) atoms. The minimum atomic E-state index is -0.796.